The van der Waals surface area contributed by atoms with Crippen LogP contribution in [0.15, 0.2) is 77.3 Å². The maximum atomic E-state index is 13.3. The van der Waals surface area contributed by atoms with Gasteiger partial charge >= 0.3 is 11.9 Å². The molecule has 192 valence electrons. The number of allylic oxidation sites excluding steroid dienone is 2. The van der Waals surface area contributed by atoms with Crippen LogP contribution in [0.5, 0.6) is 0 Å². The predicted octanol–water partition coefficient (Wildman–Crippen LogP) is 6.21. The molecule has 0 fully saturated rings. The molecule has 0 saturated heterocycles. The van der Waals surface area contributed by atoms with Crippen molar-refractivity contribution in [2.75, 3.05) is 13.2 Å². The first-order valence-electron chi connectivity index (χ1n) is 11.9. The molecule has 1 aliphatic heterocycles. The van der Waals surface area contributed by atoms with Gasteiger partial charge in [-0.3, -0.25) is 0 Å². The second-order valence-electron chi connectivity index (χ2n) is 8.42. The van der Waals surface area contributed by atoms with Crippen LogP contribution in [0.4, 0.5) is 0 Å². The van der Waals surface area contributed by atoms with Gasteiger partial charge in [0.05, 0.1) is 51.7 Å². The van der Waals surface area contributed by atoms with Crippen LogP contribution < -0.4 is 5.32 Å². The summed E-state index contributed by atoms with van der Waals surface area (Å²) in [6.07, 6.45) is 1.82. The summed E-state index contributed by atoms with van der Waals surface area (Å²) in [5, 5.41) is 8.80. The van der Waals surface area contributed by atoms with Crippen molar-refractivity contribution in [3.05, 3.63) is 92.9 Å². The Kier molecular flexibility index (Phi) is 8.05. The van der Waals surface area contributed by atoms with Gasteiger partial charge in [-0.25, -0.2) is 14.3 Å². The molecule has 0 unspecified atom stereocenters. The largest absolute Gasteiger partial charge is 0.463 e. The molecule has 1 N–H and O–H groups in total. The molecule has 0 amide bonds. The van der Waals surface area contributed by atoms with Crippen LogP contribution in [0.25, 0.3) is 16.9 Å². The number of carbonyl (C=O) groups excluding carboxylic acids is 2. The minimum atomic E-state index is -0.804. The lowest BCUT2D eigenvalue weighted by atomic mass is 9.79. The maximum absolute atomic E-state index is 13.3. The number of hydrogen-bond donors (Lipinski definition) is 1. The molecule has 2 aromatic carbocycles. The zero-order chi connectivity index (χ0) is 26.7. The van der Waals surface area contributed by atoms with E-state index in [9.17, 15) is 9.59 Å². The molecule has 0 bridgehead atoms. The van der Waals surface area contributed by atoms with E-state index in [0.717, 1.165) is 5.69 Å². The van der Waals surface area contributed by atoms with Gasteiger partial charge in [-0.2, -0.15) is 5.10 Å². The summed E-state index contributed by atoms with van der Waals surface area (Å²) in [6.45, 7) is 7.41. The Bertz CT molecular complexity index is 1370. The molecule has 2 heterocycles. The molecule has 7 nitrogen and oxygen atoms in total. The Morgan fingerprint density at radius 2 is 1.51 bits per heavy atom. The van der Waals surface area contributed by atoms with Crippen molar-refractivity contribution >= 4 is 35.1 Å². The van der Waals surface area contributed by atoms with Crippen molar-refractivity contribution in [3.63, 3.8) is 0 Å². The Morgan fingerprint density at radius 1 is 0.919 bits per heavy atom. The SMILES string of the molecule is CCOC(=O)C1=C(C)NC(C)=C(C(=O)OCC)C1c1cn(-c2ccccc2)nc1-c1ccc(Cl)c(Cl)c1. The Balaban J connectivity index is 2.03. The van der Waals surface area contributed by atoms with E-state index in [1.165, 1.54) is 0 Å². The molecule has 0 spiro atoms. The second-order valence-corrected chi connectivity index (χ2v) is 9.23. The van der Waals surface area contributed by atoms with Gasteiger partial charge in [0.2, 0.25) is 0 Å². The van der Waals surface area contributed by atoms with Gasteiger partial charge < -0.3 is 14.8 Å². The number of esters is 2. The highest BCUT2D eigenvalue weighted by molar-refractivity contribution is 6.42. The monoisotopic (exact) mass is 539 g/mol. The van der Waals surface area contributed by atoms with Gasteiger partial charge in [0.1, 0.15) is 0 Å². The third-order valence-corrected chi connectivity index (χ3v) is 6.76. The fourth-order valence-corrected chi connectivity index (χ4v) is 4.74. The minimum Gasteiger partial charge on any atom is -0.463 e. The lowest BCUT2D eigenvalue weighted by Crippen LogP contribution is -2.32. The molecule has 1 aliphatic rings. The smallest absolute Gasteiger partial charge is 0.336 e. The summed E-state index contributed by atoms with van der Waals surface area (Å²) in [5.41, 5.74) is 4.43. The first-order valence-corrected chi connectivity index (χ1v) is 12.7. The summed E-state index contributed by atoms with van der Waals surface area (Å²) < 4.78 is 12.6. The number of dihydropyridines is 1. The van der Waals surface area contributed by atoms with E-state index in [1.54, 1.807) is 50.6 Å². The number of para-hydroxylation sites is 1. The van der Waals surface area contributed by atoms with E-state index in [1.807, 2.05) is 36.5 Å². The van der Waals surface area contributed by atoms with Crippen LogP contribution in [0, 0.1) is 0 Å². The Hall–Kier alpha value is -3.55. The normalized spacial score (nSPS) is 14.0. The maximum Gasteiger partial charge on any atom is 0.336 e. The standard InChI is InChI=1S/C28H27Cl2N3O4/c1-5-36-27(34)23-16(3)31-17(4)24(28(35)37-6-2)25(23)20-15-33(19-10-8-7-9-11-19)32-26(20)18-12-13-21(29)22(30)14-18/h7-15,25,31H,5-6H2,1-4H3. The summed E-state index contributed by atoms with van der Waals surface area (Å²) in [6, 6.07) is 14.8. The van der Waals surface area contributed by atoms with Gasteiger partial charge in [-0.1, -0.05) is 47.5 Å². The fourth-order valence-electron chi connectivity index (χ4n) is 4.44. The number of benzene rings is 2. The highest BCUT2D eigenvalue weighted by atomic mass is 35.5. The van der Waals surface area contributed by atoms with Gasteiger partial charge in [0, 0.05) is 28.7 Å². The molecule has 37 heavy (non-hydrogen) atoms. The van der Waals surface area contributed by atoms with Crippen molar-refractivity contribution < 1.29 is 19.1 Å². The van der Waals surface area contributed by atoms with Crippen LogP contribution >= 0.6 is 23.2 Å². The average molecular weight is 540 g/mol. The van der Waals surface area contributed by atoms with E-state index in [-0.39, 0.29) is 13.2 Å². The zero-order valence-corrected chi connectivity index (χ0v) is 22.5. The van der Waals surface area contributed by atoms with Crippen molar-refractivity contribution in [2.45, 2.75) is 33.6 Å². The van der Waals surface area contributed by atoms with E-state index >= 15 is 0 Å². The summed E-state index contributed by atoms with van der Waals surface area (Å²) >= 11 is 12.6. The summed E-state index contributed by atoms with van der Waals surface area (Å²) in [5.74, 6) is -1.86. The highest BCUT2D eigenvalue weighted by Gasteiger charge is 2.40. The first-order chi connectivity index (χ1) is 17.8. The topological polar surface area (TPSA) is 82.5 Å². The van der Waals surface area contributed by atoms with E-state index < -0.39 is 17.9 Å². The van der Waals surface area contributed by atoms with E-state index in [0.29, 0.717) is 49.4 Å². The lowest BCUT2D eigenvalue weighted by molar-refractivity contribution is -0.139. The van der Waals surface area contributed by atoms with Crippen LogP contribution in [-0.4, -0.2) is 34.9 Å². The number of halogens is 2. The Labute approximate surface area is 225 Å². The molecule has 0 atom stereocenters. The second kappa shape index (κ2) is 11.2. The van der Waals surface area contributed by atoms with Crippen molar-refractivity contribution in [3.8, 4) is 16.9 Å². The molecular formula is C28H27Cl2N3O4. The number of rotatable bonds is 7. The third kappa shape index (κ3) is 5.29. The van der Waals surface area contributed by atoms with Crippen molar-refractivity contribution in [2.24, 2.45) is 0 Å². The van der Waals surface area contributed by atoms with E-state index in [4.69, 9.17) is 37.8 Å². The molecule has 1 aromatic heterocycles. The molecule has 0 aliphatic carbocycles. The first kappa shape index (κ1) is 26.5. The highest BCUT2D eigenvalue weighted by Crippen LogP contribution is 2.43. The van der Waals surface area contributed by atoms with Gasteiger partial charge in [-0.15, -0.1) is 0 Å². The third-order valence-electron chi connectivity index (χ3n) is 6.02. The molecule has 0 saturated carbocycles. The average Bonchev–Trinajstić information content (AvgIpc) is 3.31. The lowest BCUT2D eigenvalue weighted by Gasteiger charge is -2.30. The molecular weight excluding hydrogens is 513 g/mol. The minimum absolute atomic E-state index is 0.183. The number of carbonyl (C=O) groups is 2. The van der Waals surface area contributed by atoms with Gasteiger partial charge in [0.15, 0.2) is 0 Å². The van der Waals surface area contributed by atoms with Crippen LogP contribution in [0.2, 0.25) is 10.0 Å². The molecule has 0 radical (unpaired) electrons. The number of ether oxygens (including phenoxy) is 2. The van der Waals surface area contributed by atoms with Crippen molar-refractivity contribution in [1.29, 1.82) is 0 Å². The molecule has 9 heteroatoms. The van der Waals surface area contributed by atoms with E-state index in [2.05, 4.69) is 5.32 Å². The summed E-state index contributed by atoms with van der Waals surface area (Å²) in [7, 11) is 0. The predicted molar refractivity (Wildman–Crippen MR) is 144 cm³/mol. The number of aromatic nitrogens is 2. The quantitative estimate of drug-likeness (QED) is 0.359. The number of hydrogen-bond acceptors (Lipinski definition) is 6. The van der Waals surface area contributed by atoms with Crippen LogP contribution in [0.1, 0.15) is 39.2 Å². The zero-order valence-electron chi connectivity index (χ0n) is 21.0. The van der Waals surface area contributed by atoms with Crippen LogP contribution in [-0.2, 0) is 19.1 Å². The Morgan fingerprint density at radius 3 is 2.05 bits per heavy atom. The van der Waals surface area contributed by atoms with Crippen molar-refractivity contribution in [1.82, 2.24) is 15.1 Å². The number of nitrogens with zero attached hydrogens (tertiary/aromatic N) is 2. The van der Waals surface area contributed by atoms with Gasteiger partial charge in [0.25, 0.3) is 0 Å². The summed E-state index contributed by atoms with van der Waals surface area (Å²) in [4.78, 5) is 26.6. The fraction of sp³-hybridized carbons (Fsp3) is 0.250. The van der Waals surface area contributed by atoms with Crippen LogP contribution in [0.3, 0.4) is 0 Å². The number of nitrogens with one attached hydrogen (secondary N) is 1. The molecule has 3 aromatic rings. The molecule has 4 rings (SSSR count). The van der Waals surface area contributed by atoms with Gasteiger partial charge in [-0.05, 0) is 52.0 Å².